The van der Waals surface area contributed by atoms with Crippen LogP contribution in [0.25, 0.3) is 16.6 Å². The molecule has 4 aromatic rings. The van der Waals surface area contributed by atoms with Gasteiger partial charge in [0.25, 0.3) is 5.91 Å². The summed E-state index contributed by atoms with van der Waals surface area (Å²) in [6.45, 7) is 12.0. The Bertz CT molecular complexity index is 1710. The fourth-order valence-corrected chi connectivity index (χ4v) is 5.20. The lowest BCUT2D eigenvalue weighted by Gasteiger charge is -2.45. The Morgan fingerprint density at radius 3 is 2.49 bits per heavy atom. The quantitative estimate of drug-likeness (QED) is 0.384. The van der Waals surface area contributed by atoms with Crippen molar-refractivity contribution in [3.05, 3.63) is 59.6 Å². The topological polar surface area (TPSA) is 129 Å². The number of nitrogens with zero attached hydrogens (tertiary/aromatic N) is 7. The van der Waals surface area contributed by atoms with Crippen LogP contribution in [0.4, 0.5) is 20.7 Å². The number of hydrogen-bond donors (Lipinski definition) is 1. The minimum absolute atomic E-state index is 0.165. The summed E-state index contributed by atoms with van der Waals surface area (Å²) in [4.78, 5) is 43.2. The van der Waals surface area contributed by atoms with Crippen molar-refractivity contribution in [3.63, 3.8) is 0 Å². The number of aryl methyl sites for hydroxylation is 1. The largest absolute Gasteiger partial charge is 0.444 e. The maximum absolute atomic E-state index is 14.6. The van der Waals surface area contributed by atoms with Crippen LogP contribution in [0.5, 0.6) is 0 Å². The number of amides is 2. The van der Waals surface area contributed by atoms with Gasteiger partial charge in [-0.1, -0.05) is 0 Å². The van der Waals surface area contributed by atoms with Crippen LogP contribution in [0, 0.1) is 24.1 Å². The zero-order valence-electron chi connectivity index (χ0n) is 23.8. The average Bonchev–Trinajstić information content (AvgIpc) is 3.26. The predicted octanol–water partition coefficient (Wildman–Crippen LogP) is 4.68. The molecule has 12 heteroatoms. The number of imidazole rings is 1. The molecule has 2 amide bonds. The summed E-state index contributed by atoms with van der Waals surface area (Å²) in [6.07, 6.45) is 5.69. The number of rotatable bonds is 3. The summed E-state index contributed by atoms with van der Waals surface area (Å²) in [7, 11) is 0. The molecule has 1 fully saturated rings. The molecule has 0 unspecified atom stereocenters. The van der Waals surface area contributed by atoms with Gasteiger partial charge in [0, 0.05) is 49.3 Å². The van der Waals surface area contributed by atoms with Gasteiger partial charge >= 0.3 is 6.09 Å². The molecule has 0 aromatic carbocycles. The summed E-state index contributed by atoms with van der Waals surface area (Å²) in [5.74, 6) is -0.553. The fourth-order valence-electron chi connectivity index (χ4n) is 5.20. The predicted molar refractivity (Wildman–Crippen MR) is 151 cm³/mol. The molecule has 1 saturated heterocycles. The van der Waals surface area contributed by atoms with E-state index >= 15 is 0 Å². The molecule has 5 heterocycles. The summed E-state index contributed by atoms with van der Waals surface area (Å²) < 4.78 is 21.7. The molecule has 0 radical (unpaired) electrons. The minimum atomic E-state index is -0.615. The van der Waals surface area contributed by atoms with Gasteiger partial charge in [-0.25, -0.2) is 19.2 Å². The van der Waals surface area contributed by atoms with Gasteiger partial charge in [0.1, 0.15) is 17.5 Å². The van der Waals surface area contributed by atoms with Crippen LogP contribution in [-0.2, 0) is 4.74 Å². The number of halogens is 1. The van der Waals surface area contributed by atoms with Gasteiger partial charge in [0.2, 0.25) is 0 Å². The van der Waals surface area contributed by atoms with E-state index in [1.165, 1.54) is 22.9 Å². The third kappa shape index (κ3) is 5.48. The lowest BCUT2D eigenvalue weighted by molar-refractivity contribution is 0.00561. The van der Waals surface area contributed by atoms with Gasteiger partial charge in [0.05, 0.1) is 40.1 Å². The molecular weight excluding hydrogens is 527 g/mol. The third-order valence-electron chi connectivity index (χ3n) is 6.78. The Morgan fingerprint density at radius 2 is 1.83 bits per heavy atom. The highest BCUT2D eigenvalue weighted by molar-refractivity contribution is 6.13. The van der Waals surface area contributed by atoms with E-state index in [1.807, 2.05) is 39.5 Å². The second kappa shape index (κ2) is 10.3. The number of anilines is 2. The number of hydrogen-bond acceptors (Lipinski definition) is 8. The monoisotopic (exact) mass is 558 g/mol. The first-order valence-electron chi connectivity index (χ1n) is 13.3. The van der Waals surface area contributed by atoms with Crippen LogP contribution >= 0.6 is 0 Å². The van der Waals surface area contributed by atoms with Crippen LogP contribution < -0.4 is 10.2 Å². The standard InChI is InChI=1S/C29H31FN8O3/c1-16-12-36-15-20(8-23(30)26(36)34-16)35-27(39)22-11-33-25(21-7-19(9-31)10-32-24(21)22)37-13-17(2)38(18(3)14-37)28(40)41-29(4,5)6/h7-8,10-12,15,17-18H,13-14H2,1-6H3,(H,35,39)/t17-,18+. The highest BCUT2D eigenvalue weighted by atomic mass is 19.1. The highest BCUT2D eigenvalue weighted by Crippen LogP contribution is 2.31. The van der Waals surface area contributed by atoms with Crippen molar-refractivity contribution in [1.82, 2.24) is 24.3 Å². The molecule has 1 aliphatic rings. The molecular formula is C29H31FN8O3. The number of ether oxygens (including phenoxy) is 1. The second-order valence-corrected chi connectivity index (χ2v) is 11.4. The van der Waals surface area contributed by atoms with Crippen LogP contribution in [0.3, 0.4) is 0 Å². The van der Waals surface area contributed by atoms with Gasteiger partial charge in [-0.05, 0) is 47.6 Å². The van der Waals surface area contributed by atoms with Crippen LogP contribution in [0.2, 0.25) is 0 Å². The normalized spacial score (nSPS) is 17.5. The first-order chi connectivity index (χ1) is 19.3. The average molecular weight is 559 g/mol. The molecule has 41 heavy (non-hydrogen) atoms. The minimum Gasteiger partial charge on any atom is -0.444 e. The summed E-state index contributed by atoms with van der Waals surface area (Å²) in [6, 6.07) is 4.56. The van der Waals surface area contributed by atoms with E-state index in [4.69, 9.17) is 4.74 Å². The number of carbonyl (C=O) groups is 2. The Morgan fingerprint density at radius 1 is 1.12 bits per heavy atom. The summed E-state index contributed by atoms with van der Waals surface area (Å²) in [5.41, 5.74) is 1.27. The molecule has 212 valence electrons. The lowest BCUT2D eigenvalue weighted by atomic mass is 10.1. The van der Waals surface area contributed by atoms with Crippen LogP contribution in [-0.4, -0.2) is 67.0 Å². The van der Waals surface area contributed by atoms with Crippen molar-refractivity contribution in [2.75, 3.05) is 23.3 Å². The molecule has 0 spiro atoms. The number of carbonyl (C=O) groups excluding carboxylic acids is 2. The van der Waals surface area contributed by atoms with Crippen LogP contribution in [0.15, 0.2) is 36.9 Å². The lowest BCUT2D eigenvalue weighted by Crippen LogP contribution is -2.59. The van der Waals surface area contributed by atoms with Crippen LogP contribution in [0.1, 0.15) is 56.2 Å². The Balaban J connectivity index is 1.47. The number of fused-ring (bicyclic) bond motifs is 2. The highest BCUT2D eigenvalue weighted by Gasteiger charge is 2.36. The SMILES string of the molecule is Cc1cn2cc(NC(=O)c3cnc(N4C[C@@H](C)N(C(=O)OC(C)(C)C)[C@@H](C)C4)c4cc(C#N)cnc34)cc(F)c2n1. The number of pyridine rings is 3. The van der Waals surface area contributed by atoms with E-state index in [-0.39, 0.29) is 35.1 Å². The zero-order valence-corrected chi connectivity index (χ0v) is 23.8. The van der Waals surface area contributed by atoms with Gasteiger partial charge in [-0.15, -0.1) is 0 Å². The smallest absolute Gasteiger partial charge is 0.410 e. The molecule has 1 aliphatic heterocycles. The van der Waals surface area contributed by atoms with E-state index in [9.17, 15) is 19.2 Å². The molecule has 11 nitrogen and oxygen atoms in total. The summed E-state index contributed by atoms with van der Waals surface area (Å²) in [5, 5.41) is 12.8. The van der Waals surface area contributed by atoms with Crippen molar-refractivity contribution in [3.8, 4) is 6.07 Å². The van der Waals surface area contributed by atoms with E-state index in [1.54, 1.807) is 30.3 Å². The maximum Gasteiger partial charge on any atom is 0.410 e. The molecule has 0 saturated carbocycles. The van der Waals surface area contributed by atoms with E-state index < -0.39 is 17.3 Å². The Kier molecular flexibility index (Phi) is 6.98. The molecule has 1 N–H and O–H groups in total. The first-order valence-corrected chi connectivity index (χ1v) is 13.3. The Hall–Kier alpha value is -4.79. The van der Waals surface area contributed by atoms with Crippen molar-refractivity contribution in [1.29, 1.82) is 5.26 Å². The van der Waals surface area contributed by atoms with Gasteiger partial charge in [-0.2, -0.15) is 5.26 Å². The number of nitriles is 1. The third-order valence-corrected chi connectivity index (χ3v) is 6.78. The molecule has 0 aliphatic carbocycles. The van der Waals surface area contributed by atoms with Crippen molar-refractivity contribution < 1.29 is 18.7 Å². The van der Waals surface area contributed by atoms with Crippen molar-refractivity contribution in [2.45, 2.75) is 59.2 Å². The van der Waals surface area contributed by atoms with E-state index in [0.717, 1.165) is 0 Å². The molecule has 2 atom stereocenters. The van der Waals surface area contributed by atoms with Gasteiger partial charge in [-0.3, -0.25) is 14.7 Å². The summed E-state index contributed by atoms with van der Waals surface area (Å²) >= 11 is 0. The van der Waals surface area contributed by atoms with Crippen molar-refractivity contribution >= 4 is 40.1 Å². The number of piperazine rings is 1. The number of nitrogens with one attached hydrogen (secondary N) is 1. The second-order valence-electron chi connectivity index (χ2n) is 11.4. The van der Waals surface area contributed by atoms with E-state index in [2.05, 4.69) is 26.3 Å². The van der Waals surface area contributed by atoms with Gasteiger partial charge in [0.15, 0.2) is 11.5 Å². The molecule has 4 aromatic heterocycles. The maximum atomic E-state index is 14.6. The number of aromatic nitrogens is 4. The Labute approximate surface area is 236 Å². The zero-order chi connectivity index (χ0) is 29.6. The first kappa shape index (κ1) is 27.8. The van der Waals surface area contributed by atoms with Gasteiger partial charge < -0.3 is 19.4 Å². The molecule has 5 rings (SSSR count). The fraction of sp³-hybridized carbons (Fsp3) is 0.379. The van der Waals surface area contributed by atoms with E-state index in [0.29, 0.717) is 41.1 Å². The molecule has 0 bridgehead atoms. The van der Waals surface area contributed by atoms with Crippen molar-refractivity contribution in [2.24, 2.45) is 0 Å².